The molecule has 0 saturated carbocycles. The summed E-state index contributed by atoms with van der Waals surface area (Å²) in [7, 11) is 0. The standard InChI is InChI=1S/C12H19ClN2/c1-4-6-10-7-12(15-8-14-10)11(5-2)9(3)13/h7-9,11H,4-6H2,1-3H3. The van der Waals surface area contributed by atoms with Gasteiger partial charge in [-0.3, -0.25) is 0 Å². The zero-order chi connectivity index (χ0) is 11.3. The lowest BCUT2D eigenvalue weighted by molar-refractivity contribution is 0.625. The van der Waals surface area contributed by atoms with Crippen LogP contribution in [-0.4, -0.2) is 15.3 Å². The van der Waals surface area contributed by atoms with E-state index in [-0.39, 0.29) is 5.38 Å². The Morgan fingerprint density at radius 3 is 2.60 bits per heavy atom. The molecule has 2 unspecified atom stereocenters. The third-order valence-electron chi connectivity index (χ3n) is 2.63. The van der Waals surface area contributed by atoms with Gasteiger partial charge >= 0.3 is 0 Å². The molecule has 0 bridgehead atoms. The van der Waals surface area contributed by atoms with E-state index in [1.54, 1.807) is 6.33 Å². The van der Waals surface area contributed by atoms with Crippen molar-refractivity contribution in [1.29, 1.82) is 0 Å². The van der Waals surface area contributed by atoms with E-state index < -0.39 is 0 Å². The summed E-state index contributed by atoms with van der Waals surface area (Å²) in [6.07, 6.45) is 4.81. The number of rotatable bonds is 5. The maximum Gasteiger partial charge on any atom is 0.115 e. The van der Waals surface area contributed by atoms with Gasteiger partial charge in [-0.2, -0.15) is 0 Å². The molecule has 0 spiro atoms. The third kappa shape index (κ3) is 3.45. The molecule has 2 nitrogen and oxygen atoms in total. The van der Waals surface area contributed by atoms with Crippen LogP contribution in [0, 0.1) is 0 Å². The van der Waals surface area contributed by atoms with Crippen molar-refractivity contribution < 1.29 is 0 Å². The van der Waals surface area contributed by atoms with Crippen molar-refractivity contribution in [1.82, 2.24) is 9.97 Å². The van der Waals surface area contributed by atoms with Crippen LogP contribution < -0.4 is 0 Å². The maximum absolute atomic E-state index is 6.15. The molecule has 84 valence electrons. The second-order valence-electron chi connectivity index (χ2n) is 3.88. The first kappa shape index (κ1) is 12.4. The number of hydrogen-bond acceptors (Lipinski definition) is 2. The van der Waals surface area contributed by atoms with Gasteiger partial charge in [-0.25, -0.2) is 9.97 Å². The van der Waals surface area contributed by atoms with E-state index in [0.717, 1.165) is 30.7 Å². The smallest absolute Gasteiger partial charge is 0.115 e. The van der Waals surface area contributed by atoms with E-state index in [4.69, 9.17) is 11.6 Å². The second kappa shape index (κ2) is 6.06. The number of hydrogen-bond donors (Lipinski definition) is 0. The fraction of sp³-hybridized carbons (Fsp3) is 0.667. The van der Waals surface area contributed by atoms with Gasteiger partial charge in [0.15, 0.2) is 0 Å². The molecule has 0 saturated heterocycles. The van der Waals surface area contributed by atoms with E-state index in [1.165, 1.54) is 0 Å². The van der Waals surface area contributed by atoms with Gasteiger partial charge in [0.25, 0.3) is 0 Å². The van der Waals surface area contributed by atoms with Crippen molar-refractivity contribution in [2.24, 2.45) is 0 Å². The van der Waals surface area contributed by atoms with E-state index in [9.17, 15) is 0 Å². The Hall–Kier alpha value is -0.630. The Kier molecular flexibility index (Phi) is 5.03. The van der Waals surface area contributed by atoms with Crippen LogP contribution in [0.15, 0.2) is 12.4 Å². The van der Waals surface area contributed by atoms with Gasteiger partial charge in [-0.05, 0) is 25.8 Å². The Morgan fingerprint density at radius 1 is 1.33 bits per heavy atom. The number of halogens is 1. The first-order valence-corrected chi connectivity index (χ1v) is 6.07. The van der Waals surface area contributed by atoms with Crippen molar-refractivity contribution >= 4 is 11.6 Å². The highest BCUT2D eigenvalue weighted by Crippen LogP contribution is 2.25. The molecule has 0 aliphatic rings. The molecule has 0 aromatic carbocycles. The summed E-state index contributed by atoms with van der Waals surface area (Å²) in [5.74, 6) is 0.338. The summed E-state index contributed by atoms with van der Waals surface area (Å²) in [6.45, 7) is 6.33. The quantitative estimate of drug-likeness (QED) is 0.718. The predicted octanol–water partition coefficient (Wildman–Crippen LogP) is 3.55. The monoisotopic (exact) mass is 226 g/mol. The normalized spacial score (nSPS) is 14.9. The molecule has 1 aromatic heterocycles. The lowest BCUT2D eigenvalue weighted by Gasteiger charge is -2.16. The van der Waals surface area contributed by atoms with Crippen molar-refractivity contribution in [3.05, 3.63) is 23.8 Å². The van der Waals surface area contributed by atoms with Crippen molar-refractivity contribution in [3.8, 4) is 0 Å². The fourth-order valence-electron chi connectivity index (χ4n) is 1.78. The van der Waals surface area contributed by atoms with Crippen LogP contribution in [-0.2, 0) is 6.42 Å². The largest absolute Gasteiger partial charge is 0.241 e. The maximum atomic E-state index is 6.15. The van der Waals surface area contributed by atoms with Gasteiger partial charge in [-0.1, -0.05) is 20.3 Å². The molecule has 0 fully saturated rings. The van der Waals surface area contributed by atoms with Crippen LogP contribution in [0.2, 0.25) is 0 Å². The highest BCUT2D eigenvalue weighted by Gasteiger charge is 2.17. The predicted molar refractivity (Wildman–Crippen MR) is 64.4 cm³/mol. The Morgan fingerprint density at radius 2 is 2.07 bits per heavy atom. The number of nitrogens with zero attached hydrogens (tertiary/aromatic N) is 2. The number of aromatic nitrogens is 2. The minimum absolute atomic E-state index is 0.124. The number of aryl methyl sites for hydroxylation is 1. The zero-order valence-electron chi connectivity index (χ0n) is 9.70. The lowest BCUT2D eigenvalue weighted by atomic mass is 9.98. The molecular weight excluding hydrogens is 208 g/mol. The highest BCUT2D eigenvalue weighted by molar-refractivity contribution is 6.20. The second-order valence-corrected chi connectivity index (χ2v) is 4.56. The Balaban J connectivity index is 2.87. The molecule has 1 aromatic rings. The van der Waals surface area contributed by atoms with Crippen molar-refractivity contribution in [2.45, 2.75) is 51.3 Å². The van der Waals surface area contributed by atoms with E-state index in [2.05, 4.69) is 29.9 Å². The van der Waals surface area contributed by atoms with Gasteiger partial charge in [0.05, 0.1) is 0 Å². The van der Waals surface area contributed by atoms with Crippen LogP contribution in [0.25, 0.3) is 0 Å². The zero-order valence-corrected chi connectivity index (χ0v) is 10.5. The minimum Gasteiger partial charge on any atom is -0.241 e. The summed E-state index contributed by atoms with van der Waals surface area (Å²) in [5.41, 5.74) is 2.21. The average molecular weight is 227 g/mol. The van der Waals surface area contributed by atoms with Crippen LogP contribution >= 0.6 is 11.6 Å². The van der Waals surface area contributed by atoms with Gasteiger partial charge < -0.3 is 0 Å². The van der Waals surface area contributed by atoms with Crippen LogP contribution in [0.5, 0.6) is 0 Å². The number of alkyl halides is 1. The summed E-state index contributed by atoms with van der Waals surface area (Å²) in [4.78, 5) is 8.57. The first-order valence-electron chi connectivity index (χ1n) is 5.63. The SMILES string of the molecule is CCCc1cc(C(CC)C(C)Cl)ncn1. The van der Waals surface area contributed by atoms with Crippen LogP contribution in [0.3, 0.4) is 0 Å². The van der Waals surface area contributed by atoms with E-state index in [1.807, 2.05) is 6.92 Å². The molecule has 0 aliphatic heterocycles. The Bertz CT molecular complexity index is 299. The van der Waals surface area contributed by atoms with Gasteiger partial charge in [-0.15, -0.1) is 11.6 Å². The van der Waals surface area contributed by atoms with Gasteiger partial charge in [0.1, 0.15) is 6.33 Å². The molecule has 2 atom stereocenters. The molecule has 0 N–H and O–H groups in total. The molecule has 15 heavy (non-hydrogen) atoms. The molecular formula is C12H19ClN2. The van der Waals surface area contributed by atoms with Crippen LogP contribution in [0.1, 0.15) is 50.9 Å². The lowest BCUT2D eigenvalue weighted by Crippen LogP contribution is -2.11. The average Bonchev–Trinajstić information content (AvgIpc) is 2.19. The molecule has 1 heterocycles. The topological polar surface area (TPSA) is 25.8 Å². The minimum atomic E-state index is 0.124. The molecule has 0 amide bonds. The van der Waals surface area contributed by atoms with E-state index >= 15 is 0 Å². The molecule has 0 radical (unpaired) electrons. The third-order valence-corrected chi connectivity index (χ3v) is 2.93. The van der Waals surface area contributed by atoms with Crippen LogP contribution in [0.4, 0.5) is 0 Å². The molecule has 1 rings (SSSR count). The van der Waals surface area contributed by atoms with Gasteiger partial charge in [0, 0.05) is 22.7 Å². The van der Waals surface area contributed by atoms with E-state index in [0.29, 0.717) is 5.92 Å². The highest BCUT2D eigenvalue weighted by atomic mass is 35.5. The van der Waals surface area contributed by atoms with Crippen molar-refractivity contribution in [3.63, 3.8) is 0 Å². The fourth-order valence-corrected chi connectivity index (χ4v) is 2.09. The summed E-state index contributed by atoms with van der Waals surface area (Å²) in [5, 5.41) is 0.124. The van der Waals surface area contributed by atoms with Gasteiger partial charge in [0.2, 0.25) is 0 Å². The first-order chi connectivity index (χ1) is 7.19. The molecule has 3 heteroatoms. The summed E-state index contributed by atoms with van der Waals surface area (Å²) < 4.78 is 0. The summed E-state index contributed by atoms with van der Waals surface area (Å²) in [6, 6.07) is 2.09. The summed E-state index contributed by atoms with van der Waals surface area (Å²) >= 11 is 6.15. The molecule has 0 aliphatic carbocycles. The van der Waals surface area contributed by atoms with Crippen molar-refractivity contribution in [2.75, 3.05) is 0 Å². The Labute approximate surface area is 97.1 Å².